The number of nitrogens with zero attached hydrogens (tertiary/aromatic N) is 1. The Labute approximate surface area is 161 Å². The number of hydrogen-bond acceptors (Lipinski definition) is 5. The average Bonchev–Trinajstić information content (AvgIpc) is 3.18. The number of carbonyl (C=O) groups excluding carboxylic acids is 2. The molecule has 3 rings (SSSR count). The molecule has 0 saturated carbocycles. The lowest BCUT2D eigenvalue weighted by atomic mass is 9.87. The molecule has 2 heterocycles. The van der Waals surface area contributed by atoms with Crippen LogP contribution in [0.4, 0.5) is 4.39 Å². The van der Waals surface area contributed by atoms with E-state index >= 15 is 0 Å². The van der Waals surface area contributed by atoms with E-state index in [0.29, 0.717) is 22.7 Å². The first-order valence-electron chi connectivity index (χ1n) is 8.77. The van der Waals surface area contributed by atoms with Crippen LogP contribution in [-0.4, -0.2) is 36.8 Å². The molecule has 1 aromatic rings. The molecule has 0 aliphatic carbocycles. The van der Waals surface area contributed by atoms with E-state index in [0.717, 1.165) is 31.2 Å². The lowest BCUT2D eigenvalue weighted by Crippen LogP contribution is -2.34. The van der Waals surface area contributed by atoms with Crippen LogP contribution in [-0.2, 0) is 14.3 Å². The van der Waals surface area contributed by atoms with Gasteiger partial charge >= 0.3 is 0 Å². The second kappa shape index (κ2) is 9.02. The maximum absolute atomic E-state index is 13.2. The van der Waals surface area contributed by atoms with Gasteiger partial charge in [-0.15, -0.1) is 0 Å². The molecule has 6 nitrogen and oxygen atoms in total. The highest BCUT2D eigenvalue weighted by molar-refractivity contribution is 8.03. The van der Waals surface area contributed by atoms with Gasteiger partial charge in [-0.3, -0.25) is 9.59 Å². The van der Waals surface area contributed by atoms with Crippen molar-refractivity contribution in [1.82, 2.24) is 10.6 Å². The summed E-state index contributed by atoms with van der Waals surface area (Å²) < 4.78 is 18.6. The fourth-order valence-electron chi connectivity index (χ4n) is 3.13. The Morgan fingerprint density at radius 2 is 2.19 bits per heavy atom. The SMILES string of the molecule is N#CC1=C(SCC(=O)NC[C@@H]2CCCO2)NC(=O)C[C@H]1c1ccc(F)cc1. The third kappa shape index (κ3) is 5.08. The summed E-state index contributed by atoms with van der Waals surface area (Å²) in [6, 6.07) is 7.90. The van der Waals surface area contributed by atoms with Crippen LogP contribution < -0.4 is 10.6 Å². The minimum atomic E-state index is -0.443. The van der Waals surface area contributed by atoms with Crippen molar-refractivity contribution < 1.29 is 18.7 Å². The lowest BCUT2D eigenvalue weighted by Gasteiger charge is -2.25. The zero-order chi connectivity index (χ0) is 19.2. The highest BCUT2D eigenvalue weighted by atomic mass is 32.2. The molecule has 0 radical (unpaired) electrons. The molecule has 0 aromatic heterocycles. The van der Waals surface area contributed by atoms with E-state index in [2.05, 4.69) is 16.7 Å². The molecular weight excluding hydrogens is 369 g/mol. The van der Waals surface area contributed by atoms with Crippen LogP contribution in [0, 0.1) is 17.1 Å². The van der Waals surface area contributed by atoms with Gasteiger partial charge in [0.1, 0.15) is 5.82 Å². The predicted molar refractivity (Wildman–Crippen MR) is 99.0 cm³/mol. The van der Waals surface area contributed by atoms with Gasteiger partial charge in [-0.05, 0) is 30.5 Å². The van der Waals surface area contributed by atoms with E-state index in [1.807, 2.05) is 0 Å². The van der Waals surface area contributed by atoms with Crippen molar-refractivity contribution in [3.63, 3.8) is 0 Å². The summed E-state index contributed by atoms with van der Waals surface area (Å²) in [6.07, 6.45) is 2.12. The Bertz CT molecular complexity index is 782. The Balaban J connectivity index is 1.65. The predicted octanol–water partition coefficient (Wildman–Crippen LogP) is 2.19. The van der Waals surface area contributed by atoms with Gasteiger partial charge in [0.05, 0.1) is 28.5 Å². The largest absolute Gasteiger partial charge is 0.376 e. The quantitative estimate of drug-likeness (QED) is 0.778. The van der Waals surface area contributed by atoms with Crippen molar-refractivity contribution in [3.8, 4) is 6.07 Å². The summed E-state index contributed by atoms with van der Waals surface area (Å²) in [5.41, 5.74) is 1.09. The minimum Gasteiger partial charge on any atom is -0.376 e. The molecule has 142 valence electrons. The van der Waals surface area contributed by atoms with Gasteiger partial charge in [0.25, 0.3) is 0 Å². The van der Waals surface area contributed by atoms with Crippen LogP contribution in [0.1, 0.15) is 30.7 Å². The number of nitrogens with one attached hydrogen (secondary N) is 2. The van der Waals surface area contributed by atoms with Gasteiger partial charge in [0, 0.05) is 25.5 Å². The zero-order valence-corrected chi connectivity index (χ0v) is 15.5. The van der Waals surface area contributed by atoms with E-state index in [4.69, 9.17) is 4.74 Å². The van der Waals surface area contributed by atoms with Crippen LogP contribution in [0.5, 0.6) is 0 Å². The summed E-state index contributed by atoms with van der Waals surface area (Å²) in [7, 11) is 0. The highest BCUT2D eigenvalue weighted by Crippen LogP contribution is 2.35. The molecule has 2 N–H and O–H groups in total. The van der Waals surface area contributed by atoms with Crippen molar-refractivity contribution in [2.75, 3.05) is 18.9 Å². The number of ether oxygens (including phenoxy) is 1. The Kier molecular flexibility index (Phi) is 6.48. The van der Waals surface area contributed by atoms with E-state index in [-0.39, 0.29) is 35.9 Å². The van der Waals surface area contributed by atoms with Gasteiger partial charge in [0.2, 0.25) is 11.8 Å². The van der Waals surface area contributed by atoms with Crippen LogP contribution in [0.2, 0.25) is 0 Å². The van der Waals surface area contributed by atoms with Crippen molar-refractivity contribution in [1.29, 1.82) is 5.26 Å². The van der Waals surface area contributed by atoms with E-state index < -0.39 is 5.92 Å². The Morgan fingerprint density at radius 3 is 2.85 bits per heavy atom. The fraction of sp³-hybridized carbons (Fsp3) is 0.421. The number of benzene rings is 1. The normalized spacial score (nSPS) is 22.3. The average molecular weight is 389 g/mol. The molecule has 1 fully saturated rings. The van der Waals surface area contributed by atoms with Crippen LogP contribution in [0.25, 0.3) is 0 Å². The highest BCUT2D eigenvalue weighted by Gasteiger charge is 2.30. The standard InChI is InChI=1S/C19H20FN3O3S/c20-13-5-3-12(4-6-13)15-8-17(24)23-19(16(15)9-21)27-11-18(25)22-10-14-2-1-7-26-14/h3-6,14-15H,1-2,7-8,10-11H2,(H,22,25)(H,23,24)/t14-,15-/m0/s1. The topological polar surface area (TPSA) is 91.2 Å². The monoisotopic (exact) mass is 389 g/mol. The first kappa shape index (κ1) is 19.4. The molecule has 8 heteroatoms. The number of hydrogen-bond donors (Lipinski definition) is 2. The van der Waals surface area contributed by atoms with E-state index in [9.17, 15) is 19.2 Å². The van der Waals surface area contributed by atoms with Crippen LogP contribution in [0.15, 0.2) is 34.9 Å². The van der Waals surface area contributed by atoms with Crippen molar-refractivity contribution >= 4 is 23.6 Å². The Morgan fingerprint density at radius 1 is 1.41 bits per heavy atom. The lowest BCUT2D eigenvalue weighted by molar-refractivity contribution is -0.121. The number of nitriles is 1. The molecule has 2 amide bonds. The molecule has 0 bridgehead atoms. The summed E-state index contributed by atoms with van der Waals surface area (Å²) in [5.74, 6) is -1.14. The smallest absolute Gasteiger partial charge is 0.230 e. The van der Waals surface area contributed by atoms with Gasteiger partial charge < -0.3 is 15.4 Å². The van der Waals surface area contributed by atoms with E-state index in [1.54, 1.807) is 12.1 Å². The maximum Gasteiger partial charge on any atom is 0.230 e. The number of halogens is 1. The minimum absolute atomic E-state index is 0.0603. The summed E-state index contributed by atoms with van der Waals surface area (Å²) >= 11 is 1.12. The molecule has 27 heavy (non-hydrogen) atoms. The van der Waals surface area contributed by atoms with Gasteiger partial charge in [-0.2, -0.15) is 5.26 Å². The number of carbonyl (C=O) groups is 2. The van der Waals surface area contributed by atoms with Gasteiger partial charge in [-0.25, -0.2) is 4.39 Å². The van der Waals surface area contributed by atoms with E-state index in [1.165, 1.54) is 12.1 Å². The number of thioether (sulfide) groups is 1. The zero-order valence-electron chi connectivity index (χ0n) is 14.7. The second-order valence-electron chi connectivity index (χ2n) is 6.44. The number of rotatable bonds is 6. The fourth-order valence-corrected chi connectivity index (χ4v) is 4.04. The molecular formula is C19H20FN3O3S. The third-order valence-corrected chi connectivity index (χ3v) is 5.54. The maximum atomic E-state index is 13.2. The molecule has 1 saturated heterocycles. The van der Waals surface area contributed by atoms with Crippen molar-refractivity contribution in [3.05, 3.63) is 46.2 Å². The molecule has 2 atom stereocenters. The third-order valence-electron chi connectivity index (χ3n) is 4.53. The first-order valence-corrected chi connectivity index (χ1v) is 9.76. The number of amides is 2. The van der Waals surface area contributed by atoms with Crippen LogP contribution in [0.3, 0.4) is 0 Å². The van der Waals surface area contributed by atoms with Crippen molar-refractivity contribution in [2.45, 2.75) is 31.3 Å². The molecule has 1 aromatic carbocycles. The van der Waals surface area contributed by atoms with Gasteiger partial charge in [0.15, 0.2) is 0 Å². The van der Waals surface area contributed by atoms with Crippen LogP contribution >= 0.6 is 11.8 Å². The first-order chi connectivity index (χ1) is 13.1. The summed E-state index contributed by atoms with van der Waals surface area (Å²) in [6.45, 7) is 1.19. The summed E-state index contributed by atoms with van der Waals surface area (Å²) in [4.78, 5) is 24.1. The van der Waals surface area contributed by atoms with Crippen molar-refractivity contribution in [2.24, 2.45) is 0 Å². The Hall–Kier alpha value is -2.37. The molecule has 0 unspecified atom stereocenters. The molecule has 2 aliphatic heterocycles. The second-order valence-corrected chi connectivity index (χ2v) is 7.42. The molecule has 2 aliphatic rings. The summed E-state index contributed by atoms with van der Waals surface area (Å²) in [5, 5.41) is 15.5. The molecule has 0 spiro atoms. The van der Waals surface area contributed by atoms with Gasteiger partial charge in [-0.1, -0.05) is 23.9 Å². The number of allylic oxidation sites excluding steroid dienone is 1.